The molecule has 0 fully saturated rings. The van der Waals surface area contributed by atoms with Gasteiger partial charge in [0.1, 0.15) is 17.2 Å². The minimum Gasteiger partial charge on any atom is -0.346 e. The first-order valence-electron chi connectivity index (χ1n) is 10.3. The monoisotopic (exact) mass is 484 g/mol. The fraction of sp³-hybridized carbons (Fsp3) is 0.167. The van der Waals surface area contributed by atoms with Crippen LogP contribution in [0.25, 0.3) is 11.0 Å². The number of nitrogens with zero attached hydrogens (tertiary/aromatic N) is 1. The summed E-state index contributed by atoms with van der Waals surface area (Å²) < 4.78 is 57.1. The molecule has 34 heavy (non-hydrogen) atoms. The average Bonchev–Trinajstić information content (AvgIpc) is 3.26. The number of benzene rings is 2. The van der Waals surface area contributed by atoms with Gasteiger partial charge in [-0.05, 0) is 47.4 Å². The molecule has 0 saturated carbocycles. The summed E-state index contributed by atoms with van der Waals surface area (Å²) >= 11 is 0. The lowest BCUT2D eigenvalue weighted by molar-refractivity contribution is 0.102. The Hall–Kier alpha value is -3.79. The molecular formula is C24H22F2N4O3S. The second kappa shape index (κ2) is 8.53. The highest BCUT2D eigenvalue weighted by Gasteiger charge is 2.22. The van der Waals surface area contributed by atoms with Gasteiger partial charge in [0, 0.05) is 17.8 Å². The molecule has 4 rings (SSSR count). The number of H-pyrrole nitrogens is 1. The van der Waals surface area contributed by atoms with Crippen molar-refractivity contribution in [3.05, 3.63) is 83.7 Å². The summed E-state index contributed by atoms with van der Waals surface area (Å²) in [5.74, 6) is -3.11. The van der Waals surface area contributed by atoms with Gasteiger partial charge in [0.15, 0.2) is 5.82 Å². The third-order valence-corrected chi connectivity index (χ3v) is 6.65. The Morgan fingerprint density at radius 1 is 1.03 bits per heavy atom. The number of halogens is 2. The molecule has 0 unspecified atom stereocenters. The predicted octanol–water partition coefficient (Wildman–Crippen LogP) is 5.19. The van der Waals surface area contributed by atoms with Crippen LogP contribution in [0.4, 0.5) is 20.2 Å². The van der Waals surface area contributed by atoms with Crippen molar-refractivity contribution in [1.82, 2.24) is 9.97 Å². The zero-order chi connectivity index (χ0) is 24.7. The average molecular weight is 485 g/mol. The van der Waals surface area contributed by atoms with Crippen LogP contribution in [-0.4, -0.2) is 24.3 Å². The number of carbonyl (C=O) groups excluding carboxylic acids is 1. The lowest BCUT2D eigenvalue weighted by atomic mass is 9.87. The second-order valence-corrected chi connectivity index (χ2v) is 10.4. The smallest absolute Gasteiger partial charge is 0.261 e. The van der Waals surface area contributed by atoms with E-state index in [-0.39, 0.29) is 15.9 Å². The molecule has 0 bridgehead atoms. The number of nitrogens with one attached hydrogen (secondary N) is 3. The van der Waals surface area contributed by atoms with Crippen LogP contribution >= 0.6 is 0 Å². The number of carbonyl (C=O) groups is 1. The topological polar surface area (TPSA) is 104 Å². The number of rotatable bonds is 5. The van der Waals surface area contributed by atoms with Crippen LogP contribution in [0, 0.1) is 11.6 Å². The zero-order valence-electron chi connectivity index (χ0n) is 18.6. The van der Waals surface area contributed by atoms with Gasteiger partial charge in [-0.2, -0.15) is 0 Å². The van der Waals surface area contributed by atoms with Crippen LogP contribution in [0.15, 0.2) is 65.8 Å². The maximum absolute atomic E-state index is 15.1. The highest BCUT2D eigenvalue weighted by atomic mass is 32.2. The van der Waals surface area contributed by atoms with E-state index >= 15 is 4.39 Å². The van der Waals surface area contributed by atoms with Crippen LogP contribution in [0.2, 0.25) is 0 Å². The second-order valence-electron chi connectivity index (χ2n) is 8.76. The Kier molecular flexibility index (Phi) is 5.86. The first-order chi connectivity index (χ1) is 16.0. The maximum Gasteiger partial charge on any atom is 0.261 e. The first kappa shape index (κ1) is 23.4. The summed E-state index contributed by atoms with van der Waals surface area (Å²) in [5.41, 5.74) is 0.110. The molecule has 0 aliphatic rings. The van der Waals surface area contributed by atoms with Gasteiger partial charge in [-0.3, -0.25) is 9.52 Å². The van der Waals surface area contributed by atoms with Gasteiger partial charge in [0.2, 0.25) is 0 Å². The quantitative estimate of drug-likeness (QED) is 0.363. The normalized spacial score (nSPS) is 12.0. The van der Waals surface area contributed by atoms with Crippen molar-refractivity contribution >= 4 is 38.3 Å². The highest BCUT2D eigenvalue weighted by Crippen LogP contribution is 2.29. The number of pyridine rings is 1. The van der Waals surface area contributed by atoms with E-state index in [0.29, 0.717) is 11.0 Å². The molecule has 1 amide bonds. The number of aromatic amines is 1. The number of aromatic nitrogens is 2. The van der Waals surface area contributed by atoms with E-state index in [9.17, 15) is 17.6 Å². The third kappa shape index (κ3) is 4.62. The van der Waals surface area contributed by atoms with Crippen LogP contribution in [0.1, 0.15) is 36.7 Å². The van der Waals surface area contributed by atoms with Crippen molar-refractivity contribution in [3.63, 3.8) is 0 Å². The van der Waals surface area contributed by atoms with Gasteiger partial charge in [-0.25, -0.2) is 22.2 Å². The molecule has 4 aromatic rings. The summed E-state index contributed by atoms with van der Waals surface area (Å²) in [7, 11) is -4.16. The van der Waals surface area contributed by atoms with Crippen LogP contribution in [-0.2, 0) is 15.4 Å². The maximum atomic E-state index is 15.1. The van der Waals surface area contributed by atoms with Crippen molar-refractivity contribution < 1.29 is 22.0 Å². The van der Waals surface area contributed by atoms with Crippen molar-refractivity contribution in [1.29, 1.82) is 0 Å². The van der Waals surface area contributed by atoms with Crippen molar-refractivity contribution in [2.24, 2.45) is 0 Å². The Morgan fingerprint density at radius 2 is 1.74 bits per heavy atom. The molecule has 2 aromatic heterocycles. The largest absolute Gasteiger partial charge is 0.346 e. The molecule has 0 radical (unpaired) electrons. The minimum absolute atomic E-state index is 0.0795. The van der Waals surface area contributed by atoms with Crippen molar-refractivity contribution in [2.75, 3.05) is 10.0 Å². The number of anilines is 2. The van der Waals surface area contributed by atoms with Gasteiger partial charge in [-0.1, -0.05) is 32.9 Å². The lowest BCUT2D eigenvalue weighted by Crippen LogP contribution is -2.18. The molecular weight excluding hydrogens is 462 g/mol. The van der Waals surface area contributed by atoms with Crippen LogP contribution in [0.5, 0.6) is 0 Å². The van der Waals surface area contributed by atoms with Gasteiger partial charge >= 0.3 is 0 Å². The van der Waals surface area contributed by atoms with E-state index < -0.39 is 38.9 Å². The Morgan fingerprint density at radius 3 is 2.41 bits per heavy atom. The molecule has 0 atom stereocenters. The minimum atomic E-state index is -4.16. The molecule has 7 nitrogen and oxygen atoms in total. The number of hydrogen-bond acceptors (Lipinski definition) is 4. The Balaban J connectivity index is 1.60. The molecule has 0 saturated heterocycles. The molecule has 0 aliphatic heterocycles. The van der Waals surface area contributed by atoms with E-state index in [0.717, 1.165) is 17.7 Å². The molecule has 2 aromatic carbocycles. The molecule has 2 heterocycles. The zero-order valence-corrected chi connectivity index (χ0v) is 19.4. The SMILES string of the molecule is CC(C)(C)c1ccc(S(=O)(=O)Nc2ccc(F)c(NC(=O)c3cnc4[nH]ccc4c3)c2F)cc1. The molecule has 10 heteroatoms. The summed E-state index contributed by atoms with van der Waals surface area (Å²) in [6, 6.07) is 11.2. The van der Waals surface area contributed by atoms with Gasteiger partial charge in [0.05, 0.1) is 16.1 Å². The van der Waals surface area contributed by atoms with Crippen LogP contribution in [0.3, 0.4) is 0 Å². The Bertz CT molecular complexity index is 1490. The summed E-state index contributed by atoms with van der Waals surface area (Å²) in [6.45, 7) is 5.97. The van der Waals surface area contributed by atoms with Crippen LogP contribution < -0.4 is 10.0 Å². The van der Waals surface area contributed by atoms with E-state index in [1.165, 1.54) is 24.4 Å². The molecule has 3 N–H and O–H groups in total. The van der Waals surface area contributed by atoms with E-state index in [2.05, 4.69) is 20.0 Å². The number of sulfonamides is 1. The fourth-order valence-corrected chi connectivity index (χ4v) is 4.39. The van der Waals surface area contributed by atoms with E-state index in [1.807, 2.05) is 20.8 Å². The van der Waals surface area contributed by atoms with Crippen molar-refractivity contribution in [2.45, 2.75) is 31.1 Å². The fourth-order valence-electron chi connectivity index (χ4n) is 3.33. The van der Waals surface area contributed by atoms with Gasteiger partial charge in [0.25, 0.3) is 15.9 Å². The summed E-state index contributed by atoms with van der Waals surface area (Å²) in [6.07, 6.45) is 2.91. The van der Waals surface area contributed by atoms with Crippen molar-refractivity contribution in [3.8, 4) is 0 Å². The number of fused-ring (bicyclic) bond motifs is 1. The number of amides is 1. The first-order valence-corrected chi connectivity index (χ1v) is 11.8. The lowest BCUT2D eigenvalue weighted by Gasteiger charge is -2.19. The summed E-state index contributed by atoms with van der Waals surface area (Å²) in [5, 5.41) is 2.81. The third-order valence-electron chi connectivity index (χ3n) is 5.27. The van der Waals surface area contributed by atoms with E-state index in [1.54, 1.807) is 24.4 Å². The number of hydrogen-bond donors (Lipinski definition) is 3. The Labute approximate surface area is 195 Å². The standard InChI is InChI=1S/C24H22F2N4O3S/c1-24(2,3)16-4-6-17(7-5-16)34(32,33)30-19-9-8-18(25)21(20(19)26)29-23(31)15-12-14-10-11-27-22(14)28-13-15/h4-13,30H,1-3H3,(H,27,28)(H,29,31). The molecule has 176 valence electrons. The van der Waals surface area contributed by atoms with Gasteiger partial charge < -0.3 is 10.3 Å². The van der Waals surface area contributed by atoms with E-state index in [4.69, 9.17) is 0 Å². The molecule has 0 spiro atoms. The van der Waals surface area contributed by atoms with Gasteiger partial charge in [-0.15, -0.1) is 0 Å². The summed E-state index contributed by atoms with van der Waals surface area (Å²) in [4.78, 5) is 19.5. The molecule has 0 aliphatic carbocycles. The predicted molar refractivity (Wildman–Crippen MR) is 126 cm³/mol. The highest BCUT2D eigenvalue weighted by molar-refractivity contribution is 7.92.